The van der Waals surface area contributed by atoms with E-state index in [1.807, 2.05) is 20.1 Å². The molecule has 0 saturated carbocycles. The zero-order valence-electron chi connectivity index (χ0n) is 20.8. The summed E-state index contributed by atoms with van der Waals surface area (Å²) in [6, 6.07) is -4.35. The maximum atomic E-state index is 13.1. The van der Waals surface area contributed by atoms with Crippen molar-refractivity contribution < 1.29 is 29.1 Å². The summed E-state index contributed by atoms with van der Waals surface area (Å²) < 4.78 is 0. The van der Waals surface area contributed by atoms with E-state index < -0.39 is 53.8 Å². The fourth-order valence-electron chi connectivity index (χ4n) is 3.31. The number of rotatable bonds is 17. The van der Waals surface area contributed by atoms with Crippen LogP contribution < -0.4 is 27.4 Å². The van der Waals surface area contributed by atoms with Crippen LogP contribution in [-0.2, 0) is 30.4 Å². The number of hydrogen-bond donors (Lipinski definition) is 7. The molecule has 4 atom stereocenters. The number of carboxylic acids is 1. The van der Waals surface area contributed by atoms with E-state index in [0.29, 0.717) is 17.9 Å². The first-order valence-electron chi connectivity index (χ1n) is 11.6. The minimum absolute atomic E-state index is 0.0717. The second kappa shape index (κ2) is 15.8. The quantitative estimate of drug-likeness (QED) is 0.130. The molecule has 202 valence electrons. The number of carbonyl (C=O) groups is 5. The first kappa shape index (κ1) is 30.9. The number of carbonyl (C=O) groups excluding carboxylic acids is 4. The van der Waals surface area contributed by atoms with Gasteiger partial charge in [0.15, 0.2) is 0 Å². The monoisotopic (exact) mass is 527 g/mol. The van der Waals surface area contributed by atoms with E-state index in [-0.39, 0.29) is 31.6 Å². The zero-order chi connectivity index (χ0) is 27.3. The van der Waals surface area contributed by atoms with Gasteiger partial charge in [0.1, 0.15) is 18.1 Å². The number of hydrogen-bond acceptors (Lipinski definition) is 8. The molecule has 9 N–H and O–H groups in total. The molecule has 0 bridgehead atoms. The van der Waals surface area contributed by atoms with Gasteiger partial charge in [-0.2, -0.15) is 11.8 Å². The Labute approximate surface area is 214 Å². The highest BCUT2D eigenvalue weighted by atomic mass is 32.2. The lowest BCUT2D eigenvalue weighted by Crippen LogP contribution is -2.57. The third-order valence-electron chi connectivity index (χ3n) is 5.21. The van der Waals surface area contributed by atoms with Crippen LogP contribution in [0, 0.1) is 5.92 Å². The molecular weight excluding hydrogens is 490 g/mol. The zero-order valence-corrected chi connectivity index (χ0v) is 21.6. The molecule has 1 heterocycles. The maximum Gasteiger partial charge on any atom is 0.326 e. The number of nitrogens with one attached hydrogen (secondary N) is 4. The summed E-state index contributed by atoms with van der Waals surface area (Å²) in [7, 11) is 0. The predicted molar refractivity (Wildman–Crippen MR) is 135 cm³/mol. The number of imidazole rings is 1. The summed E-state index contributed by atoms with van der Waals surface area (Å²) in [5, 5.41) is 17.1. The second-order valence-electron chi connectivity index (χ2n) is 8.83. The molecule has 0 aliphatic rings. The normalized spacial score (nSPS) is 14.4. The first-order chi connectivity index (χ1) is 16.9. The van der Waals surface area contributed by atoms with Crippen molar-refractivity contribution in [3.05, 3.63) is 18.2 Å². The summed E-state index contributed by atoms with van der Waals surface area (Å²) in [6.45, 7) is 3.84. The van der Waals surface area contributed by atoms with Crippen LogP contribution in [0.3, 0.4) is 0 Å². The number of aromatic amines is 1. The largest absolute Gasteiger partial charge is 0.480 e. The van der Waals surface area contributed by atoms with Gasteiger partial charge < -0.3 is 37.5 Å². The van der Waals surface area contributed by atoms with Crippen molar-refractivity contribution in [3.8, 4) is 0 Å². The lowest BCUT2D eigenvalue weighted by atomic mass is 10.0. The van der Waals surface area contributed by atoms with Crippen LogP contribution in [-0.4, -0.2) is 80.8 Å². The molecule has 0 radical (unpaired) electrons. The van der Waals surface area contributed by atoms with Gasteiger partial charge in [-0.1, -0.05) is 13.8 Å². The molecule has 4 amide bonds. The van der Waals surface area contributed by atoms with E-state index in [1.165, 1.54) is 24.3 Å². The third kappa shape index (κ3) is 11.5. The van der Waals surface area contributed by atoms with Gasteiger partial charge >= 0.3 is 5.97 Å². The number of primary amides is 1. The van der Waals surface area contributed by atoms with E-state index in [4.69, 9.17) is 11.5 Å². The van der Waals surface area contributed by atoms with Crippen molar-refractivity contribution in [2.75, 3.05) is 12.0 Å². The van der Waals surface area contributed by atoms with Gasteiger partial charge in [0.05, 0.1) is 12.4 Å². The minimum atomic E-state index is -1.31. The Morgan fingerprint density at radius 1 is 1.03 bits per heavy atom. The molecular formula is C22H37N7O6S. The molecule has 1 rings (SSSR count). The molecule has 4 unspecified atom stereocenters. The number of aliphatic carboxylic acids is 1. The Balaban J connectivity index is 2.98. The molecule has 13 nitrogen and oxygen atoms in total. The van der Waals surface area contributed by atoms with Crippen LogP contribution in [0.1, 0.15) is 45.2 Å². The fourth-order valence-corrected chi connectivity index (χ4v) is 3.79. The number of carboxylic acid groups (broad SMARTS) is 1. The highest BCUT2D eigenvalue weighted by Gasteiger charge is 2.30. The van der Waals surface area contributed by atoms with Crippen LogP contribution in [0.2, 0.25) is 0 Å². The van der Waals surface area contributed by atoms with E-state index >= 15 is 0 Å². The van der Waals surface area contributed by atoms with Crippen LogP contribution >= 0.6 is 11.8 Å². The Morgan fingerprint density at radius 3 is 2.11 bits per heavy atom. The highest BCUT2D eigenvalue weighted by Crippen LogP contribution is 2.08. The lowest BCUT2D eigenvalue weighted by molar-refractivity contribution is -0.142. The van der Waals surface area contributed by atoms with E-state index in [1.54, 1.807) is 0 Å². The fraction of sp³-hybridized carbons (Fsp3) is 0.636. The van der Waals surface area contributed by atoms with E-state index in [0.717, 1.165) is 0 Å². The Bertz CT molecular complexity index is 880. The molecule has 0 aliphatic heterocycles. The molecule has 0 saturated heterocycles. The number of amides is 4. The van der Waals surface area contributed by atoms with Crippen molar-refractivity contribution in [3.63, 3.8) is 0 Å². The van der Waals surface area contributed by atoms with E-state index in [2.05, 4.69) is 25.9 Å². The van der Waals surface area contributed by atoms with Crippen molar-refractivity contribution in [2.24, 2.45) is 17.4 Å². The molecule has 1 aromatic heterocycles. The van der Waals surface area contributed by atoms with Crippen molar-refractivity contribution in [1.29, 1.82) is 0 Å². The predicted octanol–water partition coefficient (Wildman–Crippen LogP) is -1.12. The second-order valence-corrected chi connectivity index (χ2v) is 9.81. The summed E-state index contributed by atoms with van der Waals surface area (Å²) >= 11 is 1.47. The van der Waals surface area contributed by atoms with E-state index in [9.17, 15) is 29.1 Å². The van der Waals surface area contributed by atoms with Gasteiger partial charge in [0, 0.05) is 24.7 Å². The number of nitrogens with two attached hydrogens (primary N) is 2. The van der Waals surface area contributed by atoms with Gasteiger partial charge in [0.2, 0.25) is 23.6 Å². The summed E-state index contributed by atoms with van der Waals surface area (Å²) in [6.07, 6.45) is 4.90. The minimum Gasteiger partial charge on any atom is -0.480 e. The number of nitrogens with zero attached hydrogens (tertiary/aromatic N) is 1. The number of thioether (sulfide) groups is 1. The van der Waals surface area contributed by atoms with Gasteiger partial charge in [0.25, 0.3) is 0 Å². The van der Waals surface area contributed by atoms with Crippen molar-refractivity contribution in [1.82, 2.24) is 25.9 Å². The van der Waals surface area contributed by atoms with Gasteiger partial charge in [-0.15, -0.1) is 0 Å². The van der Waals surface area contributed by atoms with Crippen LogP contribution in [0.4, 0.5) is 0 Å². The molecule has 0 spiro atoms. The molecule has 0 aromatic carbocycles. The smallest absolute Gasteiger partial charge is 0.326 e. The number of H-pyrrole nitrogens is 1. The average molecular weight is 528 g/mol. The summed E-state index contributed by atoms with van der Waals surface area (Å²) in [5.41, 5.74) is 11.6. The third-order valence-corrected chi connectivity index (χ3v) is 5.86. The Hall–Kier alpha value is -3.13. The summed E-state index contributed by atoms with van der Waals surface area (Å²) in [4.78, 5) is 68.1. The SMILES string of the molecule is CSCCC(NC(=O)C(N)CC(C)C)C(=O)NC(CCC(N)=O)C(=O)NC(Cc1cnc[nH]1)C(=O)O. The molecule has 14 heteroatoms. The van der Waals surface area contributed by atoms with Gasteiger partial charge in [-0.25, -0.2) is 9.78 Å². The highest BCUT2D eigenvalue weighted by molar-refractivity contribution is 7.98. The molecule has 0 aliphatic carbocycles. The number of aromatic nitrogens is 2. The molecule has 1 aromatic rings. The maximum absolute atomic E-state index is 13.1. The average Bonchev–Trinajstić information content (AvgIpc) is 3.30. The molecule has 0 fully saturated rings. The van der Waals surface area contributed by atoms with Crippen molar-refractivity contribution >= 4 is 41.4 Å². The Kier molecular flexibility index (Phi) is 13.5. The van der Waals surface area contributed by atoms with Crippen molar-refractivity contribution in [2.45, 2.75) is 70.1 Å². The lowest BCUT2D eigenvalue weighted by Gasteiger charge is -2.25. The Morgan fingerprint density at radius 2 is 1.61 bits per heavy atom. The summed E-state index contributed by atoms with van der Waals surface area (Å²) in [5.74, 6) is -3.21. The standard InChI is InChI=1S/C22H37N7O6S/c1-12(2)8-14(23)19(31)27-16(6-7-36-3)21(33)28-15(4-5-18(24)30)20(32)29-17(22(34)35)9-13-10-25-11-26-13/h10-12,14-17H,4-9,23H2,1-3H3,(H2,24,30)(H,25,26)(H,27,31)(H,28,33)(H,29,32)(H,34,35). The van der Waals surface area contributed by atoms with Crippen LogP contribution in [0.5, 0.6) is 0 Å². The molecule has 36 heavy (non-hydrogen) atoms. The topological polar surface area (TPSA) is 222 Å². The first-order valence-corrected chi connectivity index (χ1v) is 13.0. The van der Waals surface area contributed by atoms with Gasteiger partial charge in [-0.05, 0) is 37.2 Å². The van der Waals surface area contributed by atoms with Gasteiger partial charge in [-0.3, -0.25) is 19.2 Å². The van der Waals surface area contributed by atoms with Crippen LogP contribution in [0.15, 0.2) is 12.5 Å². The van der Waals surface area contributed by atoms with Crippen LogP contribution in [0.25, 0.3) is 0 Å².